The highest BCUT2D eigenvalue weighted by molar-refractivity contribution is 7.98. The Labute approximate surface area is 131 Å². The van der Waals surface area contributed by atoms with Gasteiger partial charge in [0.2, 0.25) is 0 Å². The van der Waals surface area contributed by atoms with Crippen molar-refractivity contribution in [3.05, 3.63) is 57.1 Å². The molecule has 110 valence electrons. The number of nitro benzene ring substituents is 1. The number of anilines is 1. The van der Waals surface area contributed by atoms with Crippen LogP contribution in [-0.2, 0) is 5.75 Å². The van der Waals surface area contributed by atoms with Crippen molar-refractivity contribution in [3.63, 3.8) is 0 Å². The van der Waals surface area contributed by atoms with E-state index in [2.05, 4.69) is 0 Å². The van der Waals surface area contributed by atoms with Gasteiger partial charge in [-0.15, -0.1) is 11.8 Å². The molecular formula is C14H13ClN2O3S. The van der Waals surface area contributed by atoms with Crippen molar-refractivity contribution in [1.29, 1.82) is 0 Å². The maximum Gasteiger partial charge on any atom is 0.311 e. The summed E-state index contributed by atoms with van der Waals surface area (Å²) in [5.41, 5.74) is 7.02. The average molecular weight is 325 g/mol. The van der Waals surface area contributed by atoms with Gasteiger partial charge in [-0.1, -0.05) is 17.7 Å². The smallest absolute Gasteiger partial charge is 0.311 e. The topological polar surface area (TPSA) is 78.4 Å². The molecule has 0 radical (unpaired) electrons. The molecule has 0 aromatic heterocycles. The largest absolute Gasteiger partial charge is 0.490 e. The minimum atomic E-state index is -0.455. The lowest BCUT2D eigenvalue weighted by atomic mass is 10.2. The molecule has 0 spiro atoms. The summed E-state index contributed by atoms with van der Waals surface area (Å²) in [6.45, 7) is 0. The van der Waals surface area contributed by atoms with Gasteiger partial charge in [0.15, 0.2) is 5.75 Å². The predicted octanol–water partition coefficient (Wildman–Crippen LogP) is 4.13. The van der Waals surface area contributed by atoms with Crippen molar-refractivity contribution >= 4 is 34.7 Å². The maximum atomic E-state index is 11.0. The normalized spacial score (nSPS) is 10.4. The van der Waals surface area contributed by atoms with E-state index in [1.165, 1.54) is 24.9 Å². The third-order valence-electron chi connectivity index (χ3n) is 2.79. The lowest BCUT2D eigenvalue weighted by Gasteiger charge is -2.07. The fraction of sp³-hybridized carbons (Fsp3) is 0.143. The number of methoxy groups -OCH3 is 1. The van der Waals surface area contributed by atoms with Gasteiger partial charge in [0.25, 0.3) is 0 Å². The molecule has 0 bridgehead atoms. The number of nitro groups is 1. The molecule has 2 aromatic carbocycles. The number of ether oxygens (including phenoxy) is 1. The lowest BCUT2D eigenvalue weighted by molar-refractivity contribution is -0.385. The number of halogens is 1. The van der Waals surface area contributed by atoms with Crippen molar-refractivity contribution in [2.24, 2.45) is 0 Å². The molecule has 0 amide bonds. The third kappa shape index (κ3) is 3.80. The van der Waals surface area contributed by atoms with Crippen LogP contribution in [0.1, 0.15) is 5.56 Å². The van der Waals surface area contributed by atoms with Gasteiger partial charge in [0, 0.05) is 22.4 Å². The quantitative estimate of drug-likeness (QED) is 0.387. The molecule has 0 saturated heterocycles. The third-order valence-corrected chi connectivity index (χ3v) is 4.36. The first-order chi connectivity index (χ1) is 10.0. The molecule has 2 N–H and O–H groups in total. The van der Waals surface area contributed by atoms with Crippen molar-refractivity contribution < 1.29 is 9.66 Å². The highest BCUT2D eigenvalue weighted by Gasteiger charge is 2.15. The van der Waals surface area contributed by atoms with Crippen molar-refractivity contribution in [2.75, 3.05) is 12.8 Å². The first-order valence-corrected chi connectivity index (χ1v) is 7.36. The zero-order chi connectivity index (χ0) is 15.4. The van der Waals surface area contributed by atoms with E-state index < -0.39 is 4.92 Å². The monoisotopic (exact) mass is 324 g/mol. The van der Waals surface area contributed by atoms with Gasteiger partial charge in [-0.3, -0.25) is 10.1 Å². The van der Waals surface area contributed by atoms with E-state index in [9.17, 15) is 10.1 Å². The molecule has 0 saturated carbocycles. The first-order valence-electron chi connectivity index (χ1n) is 6.00. The van der Waals surface area contributed by atoms with E-state index in [1.807, 2.05) is 6.07 Å². The minimum Gasteiger partial charge on any atom is -0.490 e. The Morgan fingerprint density at radius 1 is 1.33 bits per heavy atom. The fourth-order valence-electron chi connectivity index (χ4n) is 1.76. The van der Waals surface area contributed by atoms with Gasteiger partial charge in [-0.25, -0.2) is 0 Å². The maximum absolute atomic E-state index is 11.0. The van der Waals surface area contributed by atoms with Crippen LogP contribution < -0.4 is 10.5 Å². The Hall–Kier alpha value is -1.92. The molecule has 21 heavy (non-hydrogen) atoms. The van der Waals surface area contributed by atoms with Gasteiger partial charge >= 0.3 is 5.69 Å². The molecule has 0 aliphatic heterocycles. The number of nitrogen functional groups attached to an aromatic ring is 1. The summed E-state index contributed by atoms with van der Waals surface area (Å²) in [5, 5.41) is 11.6. The SMILES string of the molecule is COc1ccc(CSc2ccc(N)cc2Cl)cc1[N+](=O)[O-]. The second-order valence-corrected chi connectivity index (χ2v) is 5.67. The van der Waals surface area contributed by atoms with Crippen LogP contribution in [-0.4, -0.2) is 12.0 Å². The summed E-state index contributed by atoms with van der Waals surface area (Å²) in [6, 6.07) is 10.2. The van der Waals surface area contributed by atoms with Crippen LogP contribution in [0, 0.1) is 10.1 Å². The Morgan fingerprint density at radius 2 is 2.10 bits per heavy atom. The van der Waals surface area contributed by atoms with Crippen molar-refractivity contribution in [1.82, 2.24) is 0 Å². The second-order valence-electron chi connectivity index (χ2n) is 4.24. The summed E-state index contributed by atoms with van der Waals surface area (Å²) in [4.78, 5) is 11.4. The number of thioether (sulfide) groups is 1. The van der Waals surface area contributed by atoms with Gasteiger partial charge < -0.3 is 10.5 Å². The molecule has 5 nitrogen and oxygen atoms in total. The number of hydrogen-bond acceptors (Lipinski definition) is 5. The van der Waals surface area contributed by atoms with Crippen LogP contribution in [0.25, 0.3) is 0 Å². The minimum absolute atomic E-state index is 0.0426. The summed E-state index contributed by atoms with van der Waals surface area (Å²) in [7, 11) is 1.41. The Kier molecular flexibility index (Phi) is 4.93. The summed E-state index contributed by atoms with van der Waals surface area (Å²) in [5.74, 6) is 0.813. The lowest BCUT2D eigenvalue weighted by Crippen LogP contribution is -1.95. The summed E-state index contributed by atoms with van der Waals surface area (Å²) < 4.78 is 4.97. The fourth-order valence-corrected chi connectivity index (χ4v) is 2.98. The standard InChI is InChI=1S/C14H13ClN2O3S/c1-20-13-4-2-9(6-12(13)17(18)19)8-21-14-5-3-10(16)7-11(14)15/h2-7H,8,16H2,1H3. The number of nitrogens with zero attached hydrogens (tertiary/aromatic N) is 1. The molecule has 2 rings (SSSR count). The average Bonchev–Trinajstić information content (AvgIpc) is 2.46. The Bertz CT molecular complexity index is 679. The highest BCUT2D eigenvalue weighted by atomic mass is 35.5. The van der Waals surface area contributed by atoms with E-state index in [1.54, 1.807) is 24.3 Å². The Morgan fingerprint density at radius 3 is 2.71 bits per heavy atom. The summed E-state index contributed by atoms with van der Waals surface area (Å²) in [6.07, 6.45) is 0. The molecule has 0 unspecified atom stereocenters. The van der Waals surface area contributed by atoms with Crippen LogP contribution in [0.2, 0.25) is 5.02 Å². The van der Waals surface area contributed by atoms with Crippen LogP contribution in [0.3, 0.4) is 0 Å². The molecule has 7 heteroatoms. The first kappa shape index (κ1) is 15.5. The van der Waals surface area contributed by atoms with Gasteiger partial charge in [-0.2, -0.15) is 0 Å². The number of hydrogen-bond donors (Lipinski definition) is 1. The van der Waals surface area contributed by atoms with E-state index in [-0.39, 0.29) is 11.4 Å². The number of nitrogens with two attached hydrogens (primary N) is 1. The molecular weight excluding hydrogens is 312 g/mol. The predicted molar refractivity (Wildman–Crippen MR) is 85.1 cm³/mol. The Balaban J connectivity index is 2.16. The van der Waals surface area contributed by atoms with Gasteiger partial charge in [0.1, 0.15) is 0 Å². The molecule has 0 heterocycles. The van der Waals surface area contributed by atoms with Gasteiger partial charge in [-0.05, 0) is 29.8 Å². The van der Waals surface area contributed by atoms with Crippen LogP contribution in [0.4, 0.5) is 11.4 Å². The molecule has 0 aliphatic carbocycles. The van der Waals surface area contributed by atoms with Crippen molar-refractivity contribution in [2.45, 2.75) is 10.6 Å². The molecule has 0 aliphatic rings. The highest BCUT2D eigenvalue weighted by Crippen LogP contribution is 2.33. The van der Waals surface area contributed by atoms with E-state index in [4.69, 9.17) is 22.1 Å². The van der Waals surface area contributed by atoms with Crippen molar-refractivity contribution in [3.8, 4) is 5.75 Å². The zero-order valence-electron chi connectivity index (χ0n) is 11.2. The van der Waals surface area contributed by atoms with E-state index >= 15 is 0 Å². The zero-order valence-corrected chi connectivity index (χ0v) is 12.8. The van der Waals surface area contributed by atoms with Gasteiger partial charge in [0.05, 0.1) is 17.1 Å². The van der Waals surface area contributed by atoms with Crippen LogP contribution >= 0.6 is 23.4 Å². The number of benzene rings is 2. The molecule has 0 atom stereocenters. The number of rotatable bonds is 5. The van der Waals surface area contributed by atoms with Crippen LogP contribution in [0.15, 0.2) is 41.3 Å². The van der Waals surface area contributed by atoms with E-state index in [0.717, 1.165) is 10.5 Å². The molecule has 0 fully saturated rings. The van der Waals surface area contributed by atoms with Crippen LogP contribution in [0.5, 0.6) is 5.75 Å². The molecule has 2 aromatic rings. The summed E-state index contributed by atoms with van der Waals surface area (Å²) >= 11 is 7.59. The van der Waals surface area contributed by atoms with E-state index in [0.29, 0.717) is 16.5 Å². The second kappa shape index (κ2) is 6.69.